The molecule has 1 fully saturated rings. The lowest BCUT2D eigenvalue weighted by Gasteiger charge is -2.23. The van der Waals surface area contributed by atoms with Crippen LogP contribution in [0.25, 0.3) is 22.3 Å². The van der Waals surface area contributed by atoms with Crippen LogP contribution in [-0.2, 0) is 19.5 Å². The maximum absolute atomic E-state index is 9.76. The Morgan fingerprint density at radius 3 is 2.96 bits per heavy atom. The molecule has 0 spiro atoms. The van der Waals surface area contributed by atoms with Crippen LogP contribution in [0.15, 0.2) is 30.5 Å². The molecule has 1 unspecified atom stereocenters. The number of hydrogen-bond donors (Lipinski definition) is 1. The summed E-state index contributed by atoms with van der Waals surface area (Å²) in [5.41, 5.74) is 2.45. The molecule has 0 saturated heterocycles. The maximum Gasteiger partial charge on any atom is 0.164 e. The van der Waals surface area contributed by atoms with Crippen molar-refractivity contribution in [2.45, 2.75) is 44.0 Å². The van der Waals surface area contributed by atoms with Crippen molar-refractivity contribution in [3.63, 3.8) is 0 Å². The Morgan fingerprint density at radius 2 is 2.15 bits per heavy atom. The van der Waals surface area contributed by atoms with Gasteiger partial charge in [-0.25, -0.2) is 0 Å². The molecule has 3 aromatic rings. The van der Waals surface area contributed by atoms with E-state index in [2.05, 4.69) is 56.7 Å². The van der Waals surface area contributed by atoms with Crippen molar-refractivity contribution in [1.82, 2.24) is 19.3 Å². The van der Waals surface area contributed by atoms with Gasteiger partial charge in [-0.2, -0.15) is 11.8 Å². The average Bonchev–Trinajstić information content (AvgIpc) is 3.30. The summed E-state index contributed by atoms with van der Waals surface area (Å²) < 4.78 is 4.47. The van der Waals surface area contributed by atoms with Gasteiger partial charge < -0.3 is 14.2 Å². The maximum atomic E-state index is 9.76. The summed E-state index contributed by atoms with van der Waals surface area (Å²) in [6.45, 7) is 4.29. The van der Waals surface area contributed by atoms with Gasteiger partial charge in [0.2, 0.25) is 0 Å². The van der Waals surface area contributed by atoms with Gasteiger partial charge >= 0.3 is 0 Å². The van der Waals surface area contributed by atoms with Crippen LogP contribution in [0.4, 0.5) is 0 Å². The summed E-state index contributed by atoms with van der Waals surface area (Å²) in [7, 11) is 0. The number of aliphatic hydroxyl groups is 1. The highest BCUT2D eigenvalue weighted by atomic mass is 32.2. The summed E-state index contributed by atoms with van der Waals surface area (Å²) in [5.74, 6) is 3.76. The number of rotatable bonds is 4. The van der Waals surface area contributed by atoms with Crippen molar-refractivity contribution in [2.24, 2.45) is 5.92 Å². The molecule has 2 aliphatic rings. The van der Waals surface area contributed by atoms with Crippen LogP contribution >= 0.6 is 11.8 Å². The summed E-state index contributed by atoms with van der Waals surface area (Å²) in [6, 6.07) is 8.72. The number of thioether (sulfide) groups is 1. The SMILES string of the molecule is CC1(CO)Cc2nnc(-c3cccc4c3ccn4CC3CC3)n2CCS1. The molecule has 136 valence electrons. The standard InChI is InChI=1S/C20H24N4OS/c1-20(13-25)11-18-21-22-19(24(18)9-10-26-20)16-3-2-4-17-15(16)7-8-23(17)12-14-5-6-14/h2-4,7-8,14,25H,5-6,9-13H2,1H3. The fraction of sp³-hybridized carbons (Fsp3) is 0.500. The largest absolute Gasteiger partial charge is 0.395 e. The molecule has 1 N–H and O–H groups in total. The van der Waals surface area contributed by atoms with Gasteiger partial charge in [0.25, 0.3) is 0 Å². The number of aliphatic hydroxyl groups excluding tert-OH is 1. The molecule has 1 aliphatic carbocycles. The lowest BCUT2D eigenvalue weighted by atomic mass is 10.1. The molecule has 26 heavy (non-hydrogen) atoms. The van der Waals surface area contributed by atoms with Gasteiger partial charge in [0, 0.05) is 52.7 Å². The molecule has 5 nitrogen and oxygen atoms in total. The summed E-state index contributed by atoms with van der Waals surface area (Å²) in [6.07, 6.45) is 5.68. The smallest absolute Gasteiger partial charge is 0.164 e. The quantitative estimate of drug-likeness (QED) is 0.767. The topological polar surface area (TPSA) is 55.9 Å². The van der Waals surface area contributed by atoms with Crippen LogP contribution in [0.3, 0.4) is 0 Å². The lowest BCUT2D eigenvalue weighted by molar-refractivity contribution is 0.254. The van der Waals surface area contributed by atoms with Crippen molar-refractivity contribution in [3.05, 3.63) is 36.3 Å². The number of benzene rings is 1. The predicted molar refractivity (Wildman–Crippen MR) is 105 cm³/mol. The molecule has 1 aromatic carbocycles. The van der Waals surface area contributed by atoms with Gasteiger partial charge in [0.15, 0.2) is 5.82 Å². The Hall–Kier alpha value is -1.79. The van der Waals surface area contributed by atoms with Crippen LogP contribution in [0.1, 0.15) is 25.6 Å². The van der Waals surface area contributed by atoms with Gasteiger partial charge in [0.1, 0.15) is 5.82 Å². The Labute approximate surface area is 157 Å². The third kappa shape index (κ3) is 2.76. The summed E-state index contributed by atoms with van der Waals surface area (Å²) >= 11 is 1.83. The van der Waals surface area contributed by atoms with Crippen molar-refractivity contribution >= 4 is 22.7 Å². The molecule has 0 amide bonds. The minimum absolute atomic E-state index is 0.166. The average molecular weight is 369 g/mol. The third-order valence-electron chi connectivity index (χ3n) is 5.67. The Morgan fingerprint density at radius 1 is 1.27 bits per heavy atom. The number of nitrogens with zero attached hydrogens (tertiary/aromatic N) is 4. The lowest BCUT2D eigenvalue weighted by Crippen LogP contribution is -2.28. The van der Waals surface area contributed by atoms with Gasteiger partial charge in [-0.3, -0.25) is 0 Å². The Balaban J connectivity index is 1.58. The zero-order valence-corrected chi connectivity index (χ0v) is 15.9. The highest BCUT2D eigenvalue weighted by molar-refractivity contribution is 8.00. The second-order valence-electron chi connectivity index (χ2n) is 7.87. The fourth-order valence-corrected chi connectivity index (χ4v) is 5.02. The van der Waals surface area contributed by atoms with Crippen LogP contribution in [0.2, 0.25) is 0 Å². The predicted octanol–water partition coefficient (Wildman–Crippen LogP) is 3.35. The normalized spacial score (nSPS) is 23.2. The van der Waals surface area contributed by atoms with E-state index >= 15 is 0 Å². The van der Waals surface area contributed by atoms with E-state index in [1.165, 1.54) is 23.7 Å². The van der Waals surface area contributed by atoms with Gasteiger partial charge in [0.05, 0.1) is 6.61 Å². The molecule has 1 saturated carbocycles. The van der Waals surface area contributed by atoms with Gasteiger partial charge in [-0.15, -0.1) is 10.2 Å². The number of fused-ring (bicyclic) bond motifs is 2. The first-order chi connectivity index (χ1) is 12.7. The van der Waals surface area contributed by atoms with E-state index in [1.54, 1.807) is 0 Å². The second-order valence-corrected chi connectivity index (χ2v) is 9.56. The van der Waals surface area contributed by atoms with Crippen LogP contribution in [0, 0.1) is 5.92 Å². The van der Waals surface area contributed by atoms with Gasteiger partial charge in [-0.05, 0) is 37.8 Å². The Bertz CT molecular complexity index is 958. The monoisotopic (exact) mass is 368 g/mol. The minimum Gasteiger partial charge on any atom is -0.395 e. The fourth-order valence-electron chi connectivity index (χ4n) is 3.93. The van der Waals surface area contributed by atoms with E-state index in [-0.39, 0.29) is 11.4 Å². The minimum atomic E-state index is -0.168. The van der Waals surface area contributed by atoms with Crippen molar-refractivity contribution in [2.75, 3.05) is 12.4 Å². The third-order valence-corrected chi connectivity index (χ3v) is 7.02. The van der Waals surface area contributed by atoms with E-state index in [9.17, 15) is 5.11 Å². The second kappa shape index (κ2) is 6.13. The van der Waals surface area contributed by atoms with E-state index in [4.69, 9.17) is 0 Å². The number of aromatic nitrogens is 4. The van der Waals surface area contributed by atoms with Crippen molar-refractivity contribution in [3.8, 4) is 11.4 Å². The Kier molecular flexibility index (Phi) is 3.87. The zero-order valence-electron chi connectivity index (χ0n) is 15.1. The summed E-state index contributed by atoms with van der Waals surface area (Å²) in [4.78, 5) is 0. The van der Waals surface area contributed by atoms with E-state index in [0.29, 0.717) is 0 Å². The van der Waals surface area contributed by atoms with E-state index in [1.807, 2.05) is 11.8 Å². The molecule has 1 atom stereocenters. The molecule has 3 heterocycles. The molecule has 6 heteroatoms. The highest BCUT2D eigenvalue weighted by Gasteiger charge is 2.31. The first-order valence-electron chi connectivity index (χ1n) is 9.42. The molecule has 2 aromatic heterocycles. The molecule has 5 rings (SSSR count). The first-order valence-corrected chi connectivity index (χ1v) is 10.4. The van der Waals surface area contributed by atoms with E-state index in [0.717, 1.165) is 48.4 Å². The number of hydrogen-bond acceptors (Lipinski definition) is 4. The molecule has 0 radical (unpaired) electrons. The molecule has 0 bridgehead atoms. The van der Waals surface area contributed by atoms with Crippen molar-refractivity contribution in [1.29, 1.82) is 0 Å². The van der Waals surface area contributed by atoms with Gasteiger partial charge in [-0.1, -0.05) is 12.1 Å². The molecular formula is C20H24N4OS. The zero-order chi connectivity index (χ0) is 17.7. The van der Waals surface area contributed by atoms with E-state index < -0.39 is 0 Å². The van der Waals surface area contributed by atoms with Crippen LogP contribution < -0.4 is 0 Å². The van der Waals surface area contributed by atoms with Crippen molar-refractivity contribution < 1.29 is 5.11 Å². The highest BCUT2D eigenvalue weighted by Crippen LogP contribution is 2.36. The van der Waals surface area contributed by atoms with Crippen LogP contribution in [0.5, 0.6) is 0 Å². The first kappa shape index (κ1) is 16.4. The molecular weight excluding hydrogens is 344 g/mol. The summed E-state index contributed by atoms with van der Waals surface area (Å²) in [5, 5.41) is 20.1. The molecule has 1 aliphatic heterocycles. The van der Waals surface area contributed by atoms with Crippen LogP contribution in [-0.4, -0.2) is 41.5 Å².